The number of urea groups is 1. The molecule has 3 amide bonds. The van der Waals surface area contributed by atoms with Crippen molar-refractivity contribution in [2.75, 3.05) is 39.3 Å². The van der Waals surface area contributed by atoms with Crippen LogP contribution in [0.1, 0.15) is 41.1 Å². The second-order valence-corrected chi connectivity index (χ2v) is 6.31. The Kier molecular flexibility index (Phi) is 4.54. The Morgan fingerprint density at radius 2 is 1.43 bits per heavy atom. The number of piperazine rings is 1. The van der Waals surface area contributed by atoms with Gasteiger partial charge in [-0.2, -0.15) is 0 Å². The van der Waals surface area contributed by atoms with E-state index in [-0.39, 0.29) is 11.9 Å². The van der Waals surface area contributed by atoms with Crippen molar-refractivity contribution in [3.63, 3.8) is 0 Å². The van der Waals surface area contributed by atoms with Crippen molar-refractivity contribution in [1.82, 2.24) is 19.9 Å². The van der Waals surface area contributed by atoms with Crippen molar-refractivity contribution in [2.24, 2.45) is 0 Å². The Morgan fingerprint density at radius 1 is 0.870 bits per heavy atom. The quantitative estimate of drug-likeness (QED) is 0.789. The van der Waals surface area contributed by atoms with E-state index in [4.69, 9.17) is 4.52 Å². The number of nitrogens with zero attached hydrogens (tertiary/aromatic N) is 4. The number of carbonyl (C=O) groups excluding carboxylic acids is 2. The summed E-state index contributed by atoms with van der Waals surface area (Å²) in [5, 5.41) is 3.84. The number of likely N-dealkylation sites (tertiary alicyclic amines) is 1. The summed E-state index contributed by atoms with van der Waals surface area (Å²) in [6.45, 7) is 7.54. The van der Waals surface area contributed by atoms with Crippen LogP contribution >= 0.6 is 0 Å². The molecule has 0 unspecified atom stereocenters. The van der Waals surface area contributed by atoms with Gasteiger partial charge in [-0.05, 0) is 33.1 Å². The fourth-order valence-corrected chi connectivity index (χ4v) is 3.33. The molecule has 2 aliphatic heterocycles. The molecule has 2 aliphatic rings. The fraction of sp³-hybridized carbons (Fsp3) is 0.688. The number of amides is 3. The second kappa shape index (κ2) is 6.60. The minimum Gasteiger partial charge on any atom is -0.361 e. The summed E-state index contributed by atoms with van der Waals surface area (Å²) < 4.78 is 5.08. The number of hydrogen-bond acceptors (Lipinski definition) is 4. The standard InChI is InChI=1S/C16H24N4O3/c1-12-14(13(2)23-17-12)15(21)18-8-10-20(11-9-18)16(22)19-6-4-3-5-7-19/h3-11H2,1-2H3. The minimum atomic E-state index is -0.0497. The Labute approximate surface area is 136 Å². The van der Waals surface area contributed by atoms with Crippen LogP contribution in [0.15, 0.2) is 4.52 Å². The van der Waals surface area contributed by atoms with Gasteiger partial charge >= 0.3 is 6.03 Å². The minimum absolute atomic E-state index is 0.0497. The van der Waals surface area contributed by atoms with Gasteiger partial charge in [-0.1, -0.05) is 5.16 Å². The van der Waals surface area contributed by atoms with E-state index in [0.29, 0.717) is 43.2 Å². The van der Waals surface area contributed by atoms with Crippen LogP contribution in [0.25, 0.3) is 0 Å². The molecule has 0 atom stereocenters. The van der Waals surface area contributed by atoms with Crippen molar-refractivity contribution in [2.45, 2.75) is 33.1 Å². The van der Waals surface area contributed by atoms with Gasteiger partial charge < -0.3 is 19.2 Å². The Bertz CT molecular complexity index is 565. The molecule has 7 nitrogen and oxygen atoms in total. The van der Waals surface area contributed by atoms with E-state index >= 15 is 0 Å². The van der Waals surface area contributed by atoms with E-state index in [1.54, 1.807) is 18.7 Å². The first-order valence-electron chi connectivity index (χ1n) is 8.34. The number of carbonyl (C=O) groups is 2. The van der Waals surface area contributed by atoms with Crippen LogP contribution in [-0.4, -0.2) is 71.1 Å². The Morgan fingerprint density at radius 3 is 2.00 bits per heavy atom. The zero-order valence-electron chi connectivity index (χ0n) is 13.9. The van der Waals surface area contributed by atoms with E-state index in [1.807, 2.05) is 9.80 Å². The summed E-state index contributed by atoms with van der Waals surface area (Å²) in [6.07, 6.45) is 3.40. The number of hydrogen-bond donors (Lipinski definition) is 0. The highest BCUT2D eigenvalue weighted by molar-refractivity contribution is 5.96. The fourth-order valence-electron chi connectivity index (χ4n) is 3.33. The number of aryl methyl sites for hydroxylation is 2. The lowest BCUT2D eigenvalue weighted by atomic mass is 10.1. The Hall–Kier alpha value is -2.05. The molecule has 0 bridgehead atoms. The molecule has 0 aliphatic carbocycles. The van der Waals surface area contributed by atoms with Gasteiger partial charge in [0.25, 0.3) is 5.91 Å². The summed E-state index contributed by atoms with van der Waals surface area (Å²) in [4.78, 5) is 30.7. The normalized spacial score (nSPS) is 19.1. The maximum Gasteiger partial charge on any atom is 0.320 e. The van der Waals surface area contributed by atoms with Crippen LogP contribution in [0, 0.1) is 13.8 Å². The first-order chi connectivity index (χ1) is 11.1. The van der Waals surface area contributed by atoms with Crippen molar-refractivity contribution in [1.29, 1.82) is 0 Å². The molecule has 1 aromatic rings. The summed E-state index contributed by atoms with van der Waals surface area (Å²) >= 11 is 0. The largest absolute Gasteiger partial charge is 0.361 e. The summed E-state index contributed by atoms with van der Waals surface area (Å²) in [5.41, 5.74) is 1.18. The third kappa shape index (κ3) is 3.18. The lowest BCUT2D eigenvalue weighted by molar-refractivity contribution is 0.0630. The zero-order valence-corrected chi connectivity index (χ0v) is 13.9. The van der Waals surface area contributed by atoms with E-state index in [0.717, 1.165) is 25.9 Å². The zero-order chi connectivity index (χ0) is 16.4. The Balaban J connectivity index is 1.58. The monoisotopic (exact) mass is 320 g/mol. The predicted molar refractivity (Wildman–Crippen MR) is 84.3 cm³/mol. The molecule has 0 saturated carbocycles. The highest BCUT2D eigenvalue weighted by Gasteiger charge is 2.30. The number of piperidine rings is 1. The molecule has 23 heavy (non-hydrogen) atoms. The van der Waals surface area contributed by atoms with Gasteiger partial charge in [-0.15, -0.1) is 0 Å². The first kappa shape index (κ1) is 15.8. The molecular formula is C16H24N4O3. The van der Waals surface area contributed by atoms with Crippen LogP contribution in [0.5, 0.6) is 0 Å². The molecule has 0 aromatic carbocycles. The molecule has 7 heteroatoms. The average molecular weight is 320 g/mol. The molecule has 0 spiro atoms. The van der Waals surface area contributed by atoms with Gasteiger partial charge in [0.1, 0.15) is 11.3 Å². The van der Waals surface area contributed by atoms with E-state index in [9.17, 15) is 9.59 Å². The molecule has 126 valence electrons. The molecule has 2 fully saturated rings. The molecule has 0 N–H and O–H groups in total. The van der Waals surface area contributed by atoms with Crippen LogP contribution in [0.3, 0.4) is 0 Å². The third-order valence-corrected chi connectivity index (χ3v) is 4.71. The lowest BCUT2D eigenvalue weighted by Gasteiger charge is -2.38. The van der Waals surface area contributed by atoms with Gasteiger partial charge in [0.05, 0.1) is 5.69 Å². The molecular weight excluding hydrogens is 296 g/mol. The molecule has 3 heterocycles. The summed E-state index contributed by atoms with van der Waals surface area (Å²) in [5.74, 6) is 0.505. The van der Waals surface area contributed by atoms with Gasteiger partial charge in [-0.3, -0.25) is 4.79 Å². The lowest BCUT2D eigenvalue weighted by Crippen LogP contribution is -2.54. The average Bonchev–Trinajstić information content (AvgIpc) is 2.93. The topological polar surface area (TPSA) is 69.9 Å². The number of aromatic nitrogens is 1. The molecule has 0 radical (unpaired) electrons. The van der Waals surface area contributed by atoms with Gasteiger partial charge in [0, 0.05) is 39.3 Å². The van der Waals surface area contributed by atoms with Crippen molar-refractivity contribution in [3.8, 4) is 0 Å². The van der Waals surface area contributed by atoms with Crippen LogP contribution < -0.4 is 0 Å². The van der Waals surface area contributed by atoms with Crippen molar-refractivity contribution in [3.05, 3.63) is 17.0 Å². The van der Waals surface area contributed by atoms with E-state index in [2.05, 4.69) is 5.16 Å². The third-order valence-electron chi connectivity index (χ3n) is 4.71. The molecule has 2 saturated heterocycles. The van der Waals surface area contributed by atoms with Crippen molar-refractivity contribution >= 4 is 11.9 Å². The van der Waals surface area contributed by atoms with E-state index in [1.165, 1.54) is 6.42 Å². The van der Waals surface area contributed by atoms with Gasteiger partial charge in [0.2, 0.25) is 0 Å². The molecule has 1 aromatic heterocycles. The second-order valence-electron chi connectivity index (χ2n) is 6.31. The van der Waals surface area contributed by atoms with Crippen LogP contribution in [0.2, 0.25) is 0 Å². The summed E-state index contributed by atoms with van der Waals surface area (Å²) in [7, 11) is 0. The van der Waals surface area contributed by atoms with Gasteiger partial charge in [0.15, 0.2) is 0 Å². The summed E-state index contributed by atoms with van der Waals surface area (Å²) in [6, 6.07) is 0.120. The predicted octanol–water partition coefficient (Wildman–Crippen LogP) is 1.66. The number of rotatable bonds is 1. The smallest absolute Gasteiger partial charge is 0.320 e. The highest BCUT2D eigenvalue weighted by atomic mass is 16.5. The van der Waals surface area contributed by atoms with Crippen molar-refractivity contribution < 1.29 is 14.1 Å². The van der Waals surface area contributed by atoms with Crippen LogP contribution in [0.4, 0.5) is 4.79 Å². The maximum atomic E-state index is 12.6. The maximum absolute atomic E-state index is 12.6. The van der Waals surface area contributed by atoms with E-state index < -0.39 is 0 Å². The van der Waals surface area contributed by atoms with Crippen LogP contribution in [-0.2, 0) is 0 Å². The van der Waals surface area contributed by atoms with Gasteiger partial charge in [-0.25, -0.2) is 4.79 Å². The highest BCUT2D eigenvalue weighted by Crippen LogP contribution is 2.17. The molecule has 3 rings (SSSR count). The first-order valence-corrected chi connectivity index (χ1v) is 8.34. The SMILES string of the molecule is Cc1noc(C)c1C(=O)N1CCN(C(=O)N2CCCCC2)CC1.